The Hall–Kier alpha value is -3.03. The van der Waals surface area contributed by atoms with Crippen LogP contribution in [0.2, 0.25) is 0 Å². The third kappa shape index (κ3) is 5.73. The topological polar surface area (TPSA) is 94.5 Å². The van der Waals surface area contributed by atoms with Crippen LogP contribution in [0.1, 0.15) is 48.1 Å². The Morgan fingerprint density at radius 3 is 2.52 bits per heavy atom. The van der Waals surface area contributed by atoms with Gasteiger partial charge in [0, 0.05) is 23.4 Å². The van der Waals surface area contributed by atoms with E-state index in [0.29, 0.717) is 29.6 Å². The van der Waals surface area contributed by atoms with Crippen LogP contribution in [0.5, 0.6) is 11.5 Å². The van der Waals surface area contributed by atoms with E-state index in [1.54, 1.807) is 18.2 Å². The third-order valence-corrected chi connectivity index (χ3v) is 4.45. The lowest BCUT2D eigenvalue weighted by Gasteiger charge is -2.12. The fraction of sp³-hybridized carbons (Fsp3) is 0.476. The molecule has 1 heterocycles. The van der Waals surface area contributed by atoms with E-state index in [4.69, 9.17) is 9.47 Å². The minimum absolute atomic E-state index is 0.142. The lowest BCUT2D eigenvalue weighted by Crippen LogP contribution is -2.42. The number of nitrogens with one attached hydrogen (secondary N) is 2. The zero-order chi connectivity index (χ0) is 21.6. The minimum atomic E-state index is -0.441. The summed E-state index contributed by atoms with van der Waals surface area (Å²) >= 11 is 0. The Morgan fingerprint density at radius 2 is 1.90 bits per heavy atom. The zero-order valence-electron chi connectivity index (χ0n) is 18.0. The number of rotatable bonds is 8. The van der Waals surface area contributed by atoms with E-state index in [0.717, 1.165) is 23.5 Å². The van der Waals surface area contributed by atoms with Crippen molar-refractivity contribution in [1.82, 2.24) is 20.6 Å². The lowest BCUT2D eigenvalue weighted by atomic mass is 10.1. The van der Waals surface area contributed by atoms with E-state index in [-0.39, 0.29) is 12.3 Å². The van der Waals surface area contributed by atoms with E-state index < -0.39 is 5.91 Å². The zero-order valence-corrected chi connectivity index (χ0v) is 18.0. The van der Waals surface area contributed by atoms with Gasteiger partial charge in [0.2, 0.25) is 5.91 Å². The van der Waals surface area contributed by atoms with Crippen LogP contribution in [-0.2, 0) is 17.8 Å². The number of carbonyl (C=O) groups excluding carboxylic acids is 2. The molecule has 0 saturated carbocycles. The van der Waals surface area contributed by atoms with Gasteiger partial charge in [0.25, 0.3) is 5.91 Å². The maximum atomic E-state index is 12.4. The first-order chi connectivity index (χ1) is 13.8. The number of hydrazine groups is 1. The highest BCUT2D eigenvalue weighted by atomic mass is 16.5. The number of benzene rings is 1. The Morgan fingerprint density at radius 1 is 1.17 bits per heavy atom. The van der Waals surface area contributed by atoms with Gasteiger partial charge in [0.05, 0.1) is 25.8 Å². The average molecular weight is 402 g/mol. The van der Waals surface area contributed by atoms with Crippen LogP contribution in [0.3, 0.4) is 0 Å². The maximum absolute atomic E-state index is 12.4. The van der Waals surface area contributed by atoms with Crippen LogP contribution in [0, 0.1) is 19.8 Å². The van der Waals surface area contributed by atoms with Crippen molar-refractivity contribution in [1.29, 1.82) is 0 Å². The molecular formula is C21H30N4O4. The van der Waals surface area contributed by atoms with Gasteiger partial charge in [-0.15, -0.1) is 0 Å². The van der Waals surface area contributed by atoms with Gasteiger partial charge >= 0.3 is 0 Å². The second kappa shape index (κ2) is 9.95. The molecule has 29 heavy (non-hydrogen) atoms. The SMILES string of the molecule is CCOc1ccc(C(=O)NNC(=O)Cc2c(C)nn(CC(C)C)c2C)cc1OC. The molecule has 0 unspecified atom stereocenters. The number of amides is 2. The molecule has 2 rings (SSSR count). The van der Waals surface area contributed by atoms with Crippen molar-refractivity contribution in [3.63, 3.8) is 0 Å². The molecule has 2 amide bonds. The molecule has 8 heteroatoms. The summed E-state index contributed by atoms with van der Waals surface area (Å²) in [5.41, 5.74) is 7.91. The standard InChI is InChI=1S/C21H30N4O4/c1-7-29-18-9-8-16(10-19(18)28-6)21(27)23-22-20(26)11-17-14(4)24-25(15(17)5)12-13(2)3/h8-10,13H,7,11-12H2,1-6H3,(H,22,26)(H,23,27). The molecule has 8 nitrogen and oxygen atoms in total. The molecular weight excluding hydrogens is 372 g/mol. The van der Waals surface area contributed by atoms with Gasteiger partial charge in [-0.2, -0.15) is 5.10 Å². The van der Waals surface area contributed by atoms with Gasteiger partial charge in [-0.1, -0.05) is 13.8 Å². The van der Waals surface area contributed by atoms with Gasteiger partial charge < -0.3 is 9.47 Å². The predicted molar refractivity (Wildman–Crippen MR) is 110 cm³/mol. The van der Waals surface area contributed by atoms with Crippen molar-refractivity contribution in [3.05, 3.63) is 40.7 Å². The molecule has 0 saturated heterocycles. The Bertz CT molecular complexity index is 874. The van der Waals surface area contributed by atoms with Crippen molar-refractivity contribution < 1.29 is 19.1 Å². The third-order valence-electron chi connectivity index (χ3n) is 4.45. The highest BCUT2D eigenvalue weighted by Gasteiger charge is 2.17. The van der Waals surface area contributed by atoms with Gasteiger partial charge in [0.15, 0.2) is 11.5 Å². The molecule has 0 aliphatic heterocycles. The Balaban J connectivity index is 1.99. The molecule has 0 radical (unpaired) electrons. The molecule has 2 N–H and O–H groups in total. The quantitative estimate of drug-likeness (QED) is 0.662. The van der Waals surface area contributed by atoms with Crippen molar-refractivity contribution in [2.75, 3.05) is 13.7 Å². The van der Waals surface area contributed by atoms with Crippen LogP contribution >= 0.6 is 0 Å². The summed E-state index contributed by atoms with van der Waals surface area (Å²) in [6, 6.07) is 4.84. The molecule has 2 aromatic rings. The van der Waals surface area contributed by atoms with Crippen LogP contribution in [0.25, 0.3) is 0 Å². The van der Waals surface area contributed by atoms with Crippen LogP contribution < -0.4 is 20.3 Å². The number of hydrogen-bond donors (Lipinski definition) is 2. The molecule has 0 atom stereocenters. The summed E-state index contributed by atoms with van der Waals surface area (Å²) in [5.74, 6) is 0.713. The molecule has 0 fully saturated rings. The van der Waals surface area contributed by atoms with Crippen LogP contribution in [0.15, 0.2) is 18.2 Å². The van der Waals surface area contributed by atoms with Crippen molar-refractivity contribution in [2.45, 2.75) is 47.6 Å². The second-order valence-electron chi connectivity index (χ2n) is 7.20. The number of methoxy groups -OCH3 is 1. The molecule has 0 aliphatic rings. The first-order valence-electron chi connectivity index (χ1n) is 9.69. The predicted octanol–water partition coefficient (Wildman–Crippen LogP) is 2.57. The van der Waals surface area contributed by atoms with E-state index in [9.17, 15) is 9.59 Å². The molecule has 0 aliphatic carbocycles. The molecule has 158 valence electrons. The molecule has 1 aromatic heterocycles. The van der Waals surface area contributed by atoms with Gasteiger partial charge in [0.1, 0.15) is 0 Å². The fourth-order valence-electron chi connectivity index (χ4n) is 3.00. The smallest absolute Gasteiger partial charge is 0.269 e. The number of nitrogens with zero attached hydrogens (tertiary/aromatic N) is 2. The van der Waals surface area contributed by atoms with Crippen LogP contribution in [-0.4, -0.2) is 35.3 Å². The molecule has 0 spiro atoms. The Labute approximate surface area is 171 Å². The molecule has 1 aromatic carbocycles. The number of hydrogen-bond acceptors (Lipinski definition) is 5. The van der Waals surface area contributed by atoms with E-state index in [1.165, 1.54) is 7.11 Å². The summed E-state index contributed by atoms with van der Waals surface area (Å²) in [6.07, 6.45) is 0.142. The highest BCUT2D eigenvalue weighted by molar-refractivity contribution is 5.96. The van der Waals surface area contributed by atoms with Crippen LogP contribution in [0.4, 0.5) is 0 Å². The number of aryl methyl sites for hydroxylation is 1. The summed E-state index contributed by atoms with van der Waals surface area (Å²) in [5, 5.41) is 4.51. The average Bonchev–Trinajstić information content (AvgIpc) is 2.93. The number of ether oxygens (including phenoxy) is 2. The van der Waals surface area contributed by atoms with Crippen molar-refractivity contribution in [2.24, 2.45) is 5.92 Å². The monoisotopic (exact) mass is 402 g/mol. The Kier molecular flexibility index (Phi) is 7.64. The highest BCUT2D eigenvalue weighted by Crippen LogP contribution is 2.27. The van der Waals surface area contributed by atoms with E-state index in [1.807, 2.05) is 25.5 Å². The van der Waals surface area contributed by atoms with E-state index in [2.05, 4.69) is 29.8 Å². The first kappa shape index (κ1) is 22.3. The minimum Gasteiger partial charge on any atom is -0.493 e. The largest absolute Gasteiger partial charge is 0.493 e. The number of carbonyl (C=O) groups is 2. The maximum Gasteiger partial charge on any atom is 0.269 e. The van der Waals surface area contributed by atoms with Gasteiger partial charge in [-0.3, -0.25) is 25.1 Å². The summed E-state index contributed by atoms with van der Waals surface area (Å²) in [6.45, 7) is 11.2. The summed E-state index contributed by atoms with van der Waals surface area (Å²) in [4.78, 5) is 24.7. The fourth-order valence-corrected chi connectivity index (χ4v) is 3.00. The van der Waals surface area contributed by atoms with E-state index >= 15 is 0 Å². The van der Waals surface area contributed by atoms with Crippen molar-refractivity contribution in [3.8, 4) is 11.5 Å². The summed E-state index contributed by atoms with van der Waals surface area (Å²) in [7, 11) is 1.51. The van der Waals surface area contributed by atoms with Gasteiger partial charge in [-0.25, -0.2) is 0 Å². The normalized spacial score (nSPS) is 10.7. The first-order valence-corrected chi connectivity index (χ1v) is 9.69. The lowest BCUT2D eigenvalue weighted by molar-refractivity contribution is -0.121. The second-order valence-corrected chi connectivity index (χ2v) is 7.20. The summed E-state index contributed by atoms with van der Waals surface area (Å²) < 4.78 is 12.6. The van der Waals surface area contributed by atoms with Gasteiger partial charge in [-0.05, 0) is 44.9 Å². The molecule has 0 bridgehead atoms. The number of aromatic nitrogens is 2. The van der Waals surface area contributed by atoms with Crippen molar-refractivity contribution >= 4 is 11.8 Å².